The van der Waals surface area contributed by atoms with Crippen molar-refractivity contribution < 1.29 is 9.18 Å². The minimum atomic E-state index is -0.250. The Hall–Kier alpha value is -1.42. The molecule has 0 fully saturated rings. The molecule has 3 nitrogen and oxygen atoms in total. The van der Waals surface area contributed by atoms with Crippen molar-refractivity contribution in [2.75, 3.05) is 13.1 Å². The fourth-order valence-electron chi connectivity index (χ4n) is 2.10. The highest BCUT2D eigenvalue weighted by atomic mass is 19.1. The molecule has 1 rings (SSSR count). The predicted octanol–water partition coefficient (Wildman–Crippen LogP) is 2.73. The molecule has 0 aliphatic rings. The Bertz CT molecular complexity index is 401. The van der Waals surface area contributed by atoms with Gasteiger partial charge in [0.15, 0.2) is 0 Å². The molecule has 0 saturated carbocycles. The lowest BCUT2D eigenvalue weighted by atomic mass is 10.1. The van der Waals surface area contributed by atoms with Crippen LogP contribution in [0.25, 0.3) is 0 Å². The minimum absolute atomic E-state index is 0.00936. The molecule has 0 heterocycles. The van der Waals surface area contributed by atoms with Crippen molar-refractivity contribution in [3.63, 3.8) is 0 Å². The zero-order valence-corrected chi connectivity index (χ0v) is 12.1. The molecule has 1 unspecified atom stereocenters. The average molecular weight is 266 g/mol. The van der Waals surface area contributed by atoms with Crippen molar-refractivity contribution in [1.29, 1.82) is 0 Å². The molecule has 1 aromatic rings. The Labute approximate surface area is 114 Å². The van der Waals surface area contributed by atoms with Crippen LogP contribution in [-0.2, 0) is 4.79 Å². The SMILES string of the molecule is CCN(CC)C(=O)C(C)N[C@H](C)c1ccc(F)cc1. The second kappa shape index (κ2) is 7.24. The van der Waals surface area contributed by atoms with E-state index in [0.717, 1.165) is 5.56 Å². The maximum Gasteiger partial charge on any atom is 0.239 e. The minimum Gasteiger partial charge on any atom is -0.342 e. The molecule has 1 amide bonds. The van der Waals surface area contributed by atoms with E-state index >= 15 is 0 Å². The van der Waals surface area contributed by atoms with Gasteiger partial charge in [0, 0.05) is 19.1 Å². The van der Waals surface area contributed by atoms with Gasteiger partial charge in [-0.1, -0.05) is 12.1 Å². The Morgan fingerprint density at radius 3 is 2.21 bits per heavy atom. The van der Waals surface area contributed by atoms with Crippen LogP contribution in [0.4, 0.5) is 4.39 Å². The van der Waals surface area contributed by atoms with E-state index in [4.69, 9.17) is 0 Å². The first-order chi connectivity index (χ1) is 8.99. The smallest absolute Gasteiger partial charge is 0.239 e. The maximum absolute atomic E-state index is 12.9. The van der Waals surface area contributed by atoms with Crippen molar-refractivity contribution in [1.82, 2.24) is 10.2 Å². The Kier molecular flexibility index (Phi) is 5.96. The van der Waals surface area contributed by atoms with Crippen LogP contribution in [0.1, 0.15) is 39.3 Å². The number of likely N-dealkylation sites (N-methyl/N-ethyl adjacent to an activating group) is 1. The van der Waals surface area contributed by atoms with Crippen molar-refractivity contribution in [2.45, 2.75) is 39.8 Å². The van der Waals surface area contributed by atoms with Crippen molar-refractivity contribution in [3.05, 3.63) is 35.6 Å². The van der Waals surface area contributed by atoms with Crippen LogP contribution in [0.5, 0.6) is 0 Å². The van der Waals surface area contributed by atoms with Crippen LogP contribution in [0.2, 0.25) is 0 Å². The average Bonchev–Trinajstić information content (AvgIpc) is 2.40. The molecule has 0 radical (unpaired) electrons. The molecular formula is C15H23FN2O. The highest BCUT2D eigenvalue weighted by Gasteiger charge is 2.20. The first-order valence-corrected chi connectivity index (χ1v) is 6.79. The van der Waals surface area contributed by atoms with E-state index in [2.05, 4.69) is 5.32 Å². The number of hydrogen-bond donors (Lipinski definition) is 1. The zero-order valence-electron chi connectivity index (χ0n) is 12.1. The topological polar surface area (TPSA) is 32.3 Å². The van der Waals surface area contributed by atoms with E-state index in [1.54, 1.807) is 17.0 Å². The Balaban J connectivity index is 2.63. The fraction of sp³-hybridized carbons (Fsp3) is 0.533. The summed E-state index contributed by atoms with van der Waals surface area (Å²) < 4.78 is 12.9. The number of hydrogen-bond acceptors (Lipinski definition) is 2. The van der Waals surface area contributed by atoms with E-state index in [1.807, 2.05) is 27.7 Å². The highest BCUT2D eigenvalue weighted by molar-refractivity contribution is 5.81. The summed E-state index contributed by atoms with van der Waals surface area (Å²) in [5.74, 6) is -0.151. The summed E-state index contributed by atoms with van der Waals surface area (Å²) in [7, 11) is 0. The second-order valence-electron chi connectivity index (χ2n) is 4.67. The molecule has 106 valence electrons. The van der Waals surface area contributed by atoms with Gasteiger partial charge in [-0.25, -0.2) is 4.39 Å². The molecule has 0 saturated heterocycles. The lowest BCUT2D eigenvalue weighted by Gasteiger charge is -2.26. The van der Waals surface area contributed by atoms with Gasteiger partial charge in [0.1, 0.15) is 5.82 Å². The van der Waals surface area contributed by atoms with Crippen LogP contribution < -0.4 is 5.32 Å². The molecule has 4 heteroatoms. The van der Waals surface area contributed by atoms with E-state index in [-0.39, 0.29) is 23.8 Å². The number of amides is 1. The zero-order chi connectivity index (χ0) is 14.4. The third-order valence-electron chi connectivity index (χ3n) is 3.32. The number of nitrogens with zero attached hydrogens (tertiary/aromatic N) is 1. The molecule has 0 aliphatic carbocycles. The second-order valence-corrected chi connectivity index (χ2v) is 4.67. The molecule has 2 atom stereocenters. The first kappa shape index (κ1) is 15.6. The van der Waals surface area contributed by atoms with E-state index in [0.29, 0.717) is 13.1 Å². The summed E-state index contributed by atoms with van der Waals surface area (Å²) in [5, 5.41) is 3.25. The van der Waals surface area contributed by atoms with Crippen LogP contribution in [-0.4, -0.2) is 29.9 Å². The van der Waals surface area contributed by atoms with Gasteiger partial charge in [0.2, 0.25) is 5.91 Å². The summed E-state index contributed by atoms with van der Waals surface area (Å²) in [5.41, 5.74) is 0.973. The van der Waals surface area contributed by atoms with E-state index < -0.39 is 0 Å². The van der Waals surface area contributed by atoms with Crippen LogP contribution in [0.3, 0.4) is 0 Å². The number of carbonyl (C=O) groups excluding carboxylic acids is 1. The maximum atomic E-state index is 12.9. The number of benzene rings is 1. The number of nitrogens with one attached hydrogen (secondary N) is 1. The summed E-state index contributed by atoms with van der Waals surface area (Å²) >= 11 is 0. The molecule has 19 heavy (non-hydrogen) atoms. The standard InChI is InChI=1S/C15H23FN2O/c1-5-18(6-2)15(19)12(4)17-11(3)13-7-9-14(16)10-8-13/h7-12,17H,5-6H2,1-4H3/t11-,12?/m1/s1. The predicted molar refractivity (Wildman–Crippen MR) is 75.3 cm³/mol. The van der Waals surface area contributed by atoms with Gasteiger partial charge in [0.25, 0.3) is 0 Å². The lowest BCUT2D eigenvalue weighted by Crippen LogP contribution is -2.45. The lowest BCUT2D eigenvalue weighted by molar-refractivity contribution is -0.132. The summed E-state index contributed by atoms with van der Waals surface area (Å²) in [6.07, 6.45) is 0. The molecule has 1 aromatic carbocycles. The van der Waals surface area contributed by atoms with Gasteiger partial charge in [0.05, 0.1) is 6.04 Å². The summed E-state index contributed by atoms with van der Waals surface area (Å²) in [4.78, 5) is 13.9. The number of halogens is 1. The molecule has 1 N–H and O–H groups in total. The highest BCUT2D eigenvalue weighted by Crippen LogP contribution is 2.14. The first-order valence-electron chi connectivity index (χ1n) is 6.79. The Morgan fingerprint density at radius 1 is 1.21 bits per heavy atom. The largest absolute Gasteiger partial charge is 0.342 e. The normalized spacial score (nSPS) is 13.9. The fourth-order valence-corrected chi connectivity index (χ4v) is 2.10. The van der Waals surface area contributed by atoms with Gasteiger partial charge < -0.3 is 4.90 Å². The molecule has 0 aliphatic heterocycles. The van der Waals surface area contributed by atoms with Gasteiger partial charge in [-0.3, -0.25) is 10.1 Å². The summed E-state index contributed by atoms with van der Waals surface area (Å²) in [6.45, 7) is 9.20. The number of rotatable bonds is 6. The van der Waals surface area contributed by atoms with Crippen LogP contribution in [0.15, 0.2) is 24.3 Å². The van der Waals surface area contributed by atoms with Crippen molar-refractivity contribution >= 4 is 5.91 Å². The van der Waals surface area contributed by atoms with Crippen molar-refractivity contribution in [2.24, 2.45) is 0 Å². The van der Waals surface area contributed by atoms with Gasteiger partial charge in [-0.05, 0) is 45.4 Å². The van der Waals surface area contributed by atoms with Crippen LogP contribution in [0, 0.1) is 5.82 Å². The van der Waals surface area contributed by atoms with Gasteiger partial charge in [-0.2, -0.15) is 0 Å². The molecule has 0 spiro atoms. The third-order valence-corrected chi connectivity index (χ3v) is 3.32. The molecule has 0 aromatic heterocycles. The van der Waals surface area contributed by atoms with Crippen molar-refractivity contribution in [3.8, 4) is 0 Å². The summed E-state index contributed by atoms with van der Waals surface area (Å²) in [6, 6.07) is 6.10. The molecular weight excluding hydrogens is 243 g/mol. The number of carbonyl (C=O) groups is 1. The quantitative estimate of drug-likeness (QED) is 0.858. The van der Waals surface area contributed by atoms with E-state index in [1.165, 1.54) is 12.1 Å². The third kappa shape index (κ3) is 4.31. The van der Waals surface area contributed by atoms with Gasteiger partial charge in [-0.15, -0.1) is 0 Å². The molecule has 0 bridgehead atoms. The van der Waals surface area contributed by atoms with E-state index in [9.17, 15) is 9.18 Å². The Morgan fingerprint density at radius 2 is 1.74 bits per heavy atom. The monoisotopic (exact) mass is 266 g/mol. The van der Waals surface area contributed by atoms with Gasteiger partial charge >= 0.3 is 0 Å². The van der Waals surface area contributed by atoms with Crippen LogP contribution >= 0.6 is 0 Å².